The average Bonchev–Trinajstić information content (AvgIpc) is 2.66. The zero-order valence-electron chi connectivity index (χ0n) is 13.4. The second kappa shape index (κ2) is 6.06. The Kier molecular flexibility index (Phi) is 3.75. The summed E-state index contributed by atoms with van der Waals surface area (Å²) >= 11 is 0. The molecule has 0 fully saturated rings. The standard InChI is InChI=1S/C20H19N3O/c21-13-16-4-1-7-19-17(16)6-3-11-23(19)20(24)15-9-8-14-5-2-10-22-18(14)12-15/h1-2,4-5,7-10,12H,3,6,11,13,21H2. The lowest BCUT2D eigenvalue weighted by Crippen LogP contribution is -2.36. The topological polar surface area (TPSA) is 59.2 Å². The van der Waals surface area contributed by atoms with Crippen LogP contribution >= 0.6 is 0 Å². The maximum atomic E-state index is 13.1. The fourth-order valence-electron chi connectivity index (χ4n) is 3.45. The Bertz CT molecular complexity index is 920. The molecule has 120 valence electrons. The third kappa shape index (κ3) is 2.45. The molecule has 1 aliphatic rings. The van der Waals surface area contributed by atoms with Crippen molar-refractivity contribution in [3.8, 4) is 0 Å². The zero-order chi connectivity index (χ0) is 16.5. The predicted molar refractivity (Wildman–Crippen MR) is 96.1 cm³/mol. The molecule has 0 radical (unpaired) electrons. The van der Waals surface area contributed by atoms with Gasteiger partial charge in [0.05, 0.1) is 5.52 Å². The van der Waals surface area contributed by atoms with Crippen molar-refractivity contribution >= 4 is 22.5 Å². The van der Waals surface area contributed by atoms with E-state index in [1.165, 1.54) is 5.56 Å². The number of aromatic nitrogens is 1. The minimum atomic E-state index is 0.0256. The molecule has 1 aliphatic heterocycles. The summed E-state index contributed by atoms with van der Waals surface area (Å²) < 4.78 is 0. The normalized spacial score (nSPS) is 13.8. The molecule has 3 aromatic rings. The molecule has 0 aliphatic carbocycles. The summed E-state index contributed by atoms with van der Waals surface area (Å²) in [6.45, 7) is 1.24. The van der Waals surface area contributed by atoms with E-state index in [0.29, 0.717) is 12.1 Å². The number of anilines is 1. The maximum absolute atomic E-state index is 13.1. The average molecular weight is 317 g/mol. The van der Waals surface area contributed by atoms with Crippen LogP contribution in [0.5, 0.6) is 0 Å². The summed E-state index contributed by atoms with van der Waals surface area (Å²) in [6, 6.07) is 15.7. The lowest BCUT2D eigenvalue weighted by Gasteiger charge is -2.31. The molecule has 0 unspecified atom stereocenters. The van der Waals surface area contributed by atoms with Crippen LogP contribution < -0.4 is 10.6 Å². The van der Waals surface area contributed by atoms with Crippen LogP contribution in [0.4, 0.5) is 5.69 Å². The van der Waals surface area contributed by atoms with Crippen LogP contribution in [-0.4, -0.2) is 17.4 Å². The molecule has 4 nitrogen and oxygen atoms in total. The highest BCUT2D eigenvalue weighted by Gasteiger charge is 2.25. The van der Waals surface area contributed by atoms with Crippen molar-refractivity contribution in [2.75, 3.05) is 11.4 Å². The van der Waals surface area contributed by atoms with Crippen molar-refractivity contribution in [3.63, 3.8) is 0 Å². The molecule has 2 N–H and O–H groups in total. The van der Waals surface area contributed by atoms with Crippen LogP contribution in [0.1, 0.15) is 27.9 Å². The van der Waals surface area contributed by atoms with Crippen molar-refractivity contribution in [2.24, 2.45) is 5.73 Å². The van der Waals surface area contributed by atoms with Gasteiger partial charge in [0.2, 0.25) is 0 Å². The Morgan fingerprint density at radius 2 is 2.08 bits per heavy atom. The van der Waals surface area contributed by atoms with Crippen molar-refractivity contribution in [2.45, 2.75) is 19.4 Å². The van der Waals surface area contributed by atoms with E-state index in [0.717, 1.165) is 41.5 Å². The van der Waals surface area contributed by atoms with E-state index in [-0.39, 0.29) is 5.91 Å². The number of nitrogens with two attached hydrogens (primary N) is 1. The Labute approximate surface area is 140 Å². The number of rotatable bonds is 2. The number of carbonyl (C=O) groups is 1. The van der Waals surface area contributed by atoms with Crippen molar-refractivity contribution in [1.82, 2.24) is 4.98 Å². The fraction of sp³-hybridized carbons (Fsp3) is 0.200. The van der Waals surface area contributed by atoms with Gasteiger partial charge in [0.25, 0.3) is 5.91 Å². The molecule has 0 spiro atoms. The lowest BCUT2D eigenvalue weighted by atomic mass is 9.95. The highest BCUT2D eigenvalue weighted by molar-refractivity contribution is 6.08. The molecular weight excluding hydrogens is 298 g/mol. The first kappa shape index (κ1) is 14.8. The molecule has 4 heteroatoms. The molecule has 24 heavy (non-hydrogen) atoms. The zero-order valence-corrected chi connectivity index (χ0v) is 13.4. The number of hydrogen-bond donors (Lipinski definition) is 1. The van der Waals surface area contributed by atoms with Gasteiger partial charge in [0.15, 0.2) is 0 Å². The fourth-order valence-corrected chi connectivity index (χ4v) is 3.45. The van der Waals surface area contributed by atoms with Crippen LogP contribution in [0.25, 0.3) is 10.9 Å². The Hall–Kier alpha value is -2.72. The van der Waals surface area contributed by atoms with E-state index in [9.17, 15) is 4.79 Å². The summed E-state index contributed by atoms with van der Waals surface area (Å²) in [6.07, 6.45) is 3.69. The van der Waals surface area contributed by atoms with E-state index < -0.39 is 0 Å². The Balaban J connectivity index is 1.75. The summed E-state index contributed by atoms with van der Waals surface area (Å²) in [5.41, 5.74) is 10.7. The first-order valence-corrected chi connectivity index (χ1v) is 8.25. The minimum absolute atomic E-state index is 0.0256. The number of fused-ring (bicyclic) bond motifs is 2. The molecule has 2 aromatic carbocycles. The Morgan fingerprint density at radius 1 is 1.17 bits per heavy atom. The summed E-state index contributed by atoms with van der Waals surface area (Å²) in [7, 11) is 0. The summed E-state index contributed by atoms with van der Waals surface area (Å²) in [5, 5.41) is 1.04. The molecule has 1 amide bonds. The molecule has 0 bridgehead atoms. The lowest BCUT2D eigenvalue weighted by molar-refractivity contribution is 0.0985. The van der Waals surface area contributed by atoms with E-state index in [2.05, 4.69) is 4.98 Å². The molecule has 0 saturated heterocycles. The van der Waals surface area contributed by atoms with Crippen molar-refractivity contribution in [1.29, 1.82) is 0 Å². The number of hydrogen-bond acceptors (Lipinski definition) is 3. The number of carbonyl (C=O) groups excluding carboxylic acids is 1. The van der Waals surface area contributed by atoms with Gasteiger partial charge in [-0.3, -0.25) is 9.78 Å². The second-order valence-corrected chi connectivity index (χ2v) is 6.09. The first-order valence-electron chi connectivity index (χ1n) is 8.25. The smallest absolute Gasteiger partial charge is 0.258 e. The quantitative estimate of drug-likeness (QED) is 0.789. The molecular formula is C20H19N3O. The van der Waals surface area contributed by atoms with Crippen molar-refractivity contribution < 1.29 is 4.79 Å². The number of benzene rings is 2. The molecule has 2 heterocycles. The third-order valence-corrected chi connectivity index (χ3v) is 4.67. The van der Waals surface area contributed by atoms with E-state index in [1.54, 1.807) is 6.20 Å². The summed E-state index contributed by atoms with van der Waals surface area (Å²) in [5.74, 6) is 0.0256. The number of nitrogens with zero attached hydrogens (tertiary/aromatic N) is 2. The van der Waals surface area contributed by atoms with Gasteiger partial charge in [-0.1, -0.05) is 24.3 Å². The van der Waals surface area contributed by atoms with E-state index in [4.69, 9.17) is 5.73 Å². The van der Waals surface area contributed by atoms with Gasteiger partial charge >= 0.3 is 0 Å². The van der Waals surface area contributed by atoms with E-state index >= 15 is 0 Å². The van der Waals surface area contributed by atoms with Gasteiger partial charge in [-0.2, -0.15) is 0 Å². The third-order valence-electron chi connectivity index (χ3n) is 4.67. The SMILES string of the molecule is NCc1cccc2c1CCCN2C(=O)c1ccc2cccnc2c1. The molecule has 1 aromatic heterocycles. The predicted octanol–water partition coefficient (Wildman–Crippen LogP) is 3.29. The Morgan fingerprint density at radius 3 is 2.96 bits per heavy atom. The largest absolute Gasteiger partial charge is 0.326 e. The van der Waals surface area contributed by atoms with Crippen LogP contribution in [0.15, 0.2) is 54.7 Å². The number of amides is 1. The van der Waals surface area contributed by atoms with Gasteiger partial charge in [-0.15, -0.1) is 0 Å². The molecule has 0 saturated carbocycles. The van der Waals surface area contributed by atoms with Gasteiger partial charge in [0, 0.05) is 35.9 Å². The van der Waals surface area contributed by atoms with Crippen molar-refractivity contribution in [3.05, 3.63) is 71.4 Å². The van der Waals surface area contributed by atoms with Gasteiger partial charge in [0.1, 0.15) is 0 Å². The van der Waals surface area contributed by atoms with Crippen LogP contribution in [0, 0.1) is 0 Å². The first-order chi connectivity index (χ1) is 11.8. The maximum Gasteiger partial charge on any atom is 0.258 e. The van der Waals surface area contributed by atoms with Crippen LogP contribution in [0.3, 0.4) is 0 Å². The van der Waals surface area contributed by atoms with Gasteiger partial charge < -0.3 is 10.6 Å². The highest BCUT2D eigenvalue weighted by atomic mass is 16.2. The second-order valence-electron chi connectivity index (χ2n) is 6.09. The monoisotopic (exact) mass is 317 g/mol. The molecule has 4 rings (SSSR count). The van der Waals surface area contributed by atoms with E-state index in [1.807, 2.05) is 53.4 Å². The van der Waals surface area contributed by atoms with Crippen LogP contribution in [0.2, 0.25) is 0 Å². The number of pyridine rings is 1. The summed E-state index contributed by atoms with van der Waals surface area (Å²) in [4.78, 5) is 19.3. The minimum Gasteiger partial charge on any atom is -0.326 e. The van der Waals surface area contributed by atoms with Gasteiger partial charge in [-0.05, 0) is 48.2 Å². The van der Waals surface area contributed by atoms with Gasteiger partial charge in [-0.25, -0.2) is 0 Å². The molecule has 0 atom stereocenters. The van der Waals surface area contributed by atoms with Crippen LogP contribution in [-0.2, 0) is 13.0 Å². The highest BCUT2D eigenvalue weighted by Crippen LogP contribution is 2.31.